The van der Waals surface area contributed by atoms with Gasteiger partial charge in [-0.25, -0.2) is 9.97 Å². The van der Waals surface area contributed by atoms with E-state index >= 15 is 0 Å². The molecule has 18 heavy (non-hydrogen) atoms. The Balaban J connectivity index is 2.17. The van der Waals surface area contributed by atoms with Crippen molar-refractivity contribution in [1.82, 2.24) is 15.0 Å². The Labute approximate surface area is 104 Å². The second-order valence-corrected chi connectivity index (χ2v) is 4.89. The lowest BCUT2D eigenvalue weighted by Crippen LogP contribution is -2.13. The first-order valence-corrected chi connectivity index (χ1v) is 6.21. The monoisotopic (exact) mass is 245 g/mol. The van der Waals surface area contributed by atoms with Crippen LogP contribution in [0.3, 0.4) is 0 Å². The van der Waals surface area contributed by atoms with E-state index in [9.17, 15) is 4.79 Å². The molecule has 2 heterocycles. The van der Waals surface area contributed by atoms with Crippen LogP contribution in [0.1, 0.15) is 42.3 Å². The number of carboxylic acid groups (broad SMARTS) is 1. The molecule has 0 bridgehead atoms. The van der Waals surface area contributed by atoms with E-state index in [2.05, 4.69) is 15.0 Å². The fraction of sp³-hybridized carbons (Fsp3) is 0.462. The summed E-state index contributed by atoms with van der Waals surface area (Å²) in [5.74, 6) is 0.390. The molecule has 1 aliphatic rings. The lowest BCUT2D eigenvalue weighted by atomic mass is 9.81. The lowest BCUT2D eigenvalue weighted by Gasteiger charge is -2.25. The highest BCUT2D eigenvalue weighted by atomic mass is 16.4. The fourth-order valence-corrected chi connectivity index (χ4v) is 2.52. The van der Waals surface area contributed by atoms with E-state index < -0.39 is 5.97 Å². The van der Waals surface area contributed by atoms with Crippen LogP contribution < -0.4 is 0 Å². The first kappa shape index (κ1) is 11.2. The molecule has 2 aromatic heterocycles. The first-order chi connectivity index (χ1) is 8.65. The van der Waals surface area contributed by atoms with Gasteiger partial charge in [-0.1, -0.05) is 6.42 Å². The molecule has 1 fully saturated rings. The van der Waals surface area contributed by atoms with Crippen molar-refractivity contribution in [3.05, 3.63) is 23.3 Å². The molecule has 0 aliphatic heterocycles. The number of nitrogens with one attached hydrogen (secondary N) is 1. The minimum absolute atomic E-state index is 0.0200. The minimum Gasteiger partial charge on any atom is -0.481 e. The zero-order valence-corrected chi connectivity index (χ0v) is 10.2. The number of aliphatic carboxylic acids is 1. The Kier molecular flexibility index (Phi) is 2.54. The van der Waals surface area contributed by atoms with Crippen LogP contribution in [0.2, 0.25) is 0 Å². The van der Waals surface area contributed by atoms with E-state index in [-0.39, 0.29) is 6.42 Å². The van der Waals surface area contributed by atoms with Crippen LogP contribution in [-0.4, -0.2) is 26.0 Å². The van der Waals surface area contributed by atoms with E-state index in [1.165, 1.54) is 6.42 Å². The molecule has 0 spiro atoms. The number of aromatic amines is 1. The van der Waals surface area contributed by atoms with Crippen LogP contribution in [0.4, 0.5) is 0 Å². The summed E-state index contributed by atoms with van der Waals surface area (Å²) < 4.78 is 0. The van der Waals surface area contributed by atoms with Gasteiger partial charge in [-0.15, -0.1) is 0 Å². The predicted octanol–water partition coefficient (Wildman–Crippen LogP) is 2.16. The zero-order chi connectivity index (χ0) is 12.7. The molecule has 0 aromatic carbocycles. The number of rotatable bonds is 3. The Hall–Kier alpha value is -1.91. The maximum Gasteiger partial charge on any atom is 0.307 e. The molecule has 2 N–H and O–H groups in total. The second kappa shape index (κ2) is 4.08. The van der Waals surface area contributed by atoms with Crippen molar-refractivity contribution in [1.29, 1.82) is 0 Å². The van der Waals surface area contributed by atoms with E-state index in [1.54, 1.807) is 6.20 Å². The van der Waals surface area contributed by atoms with Crippen molar-refractivity contribution in [2.24, 2.45) is 0 Å². The first-order valence-electron chi connectivity index (χ1n) is 6.21. The summed E-state index contributed by atoms with van der Waals surface area (Å²) in [6.07, 6.45) is 5.28. The molecule has 0 radical (unpaired) electrons. The number of hydrogen-bond acceptors (Lipinski definition) is 3. The van der Waals surface area contributed by atoms with Crippen molar-refractivity contribution >= 4 is 17.0 Å². The van der Waals surface area contributed by atoms with Crippen molar-refractivity contribution < 1.29 is 9.90 Å². The van der Waals surface area contributed by atoms with E-state index in [4.69, 9.17) is 5.11 Å². The number of aryl methyl sites for hydroxylation is 1. The summed E-state index contributed by atoms with van der Waals surface area (Å²) in [5.41, 5.74) is 2.58. The fourth-order valence-electron chi connectivity index (χ4n) is 2.52. The molecule has 0 saturated heterocycles. The molecule has 94 valence electrons. The summed E-state index contributed by atoms with van der Waals surface area (Å²) in [7, 11) is 0. The number of hydrogen-bond donors (Lipinski definition) is 2. The van der Waals surface area contributed by atoms with E-state index in [0.29, 0.717) is 5.92 Å². The van der Waals surface area contributed by atoms with Gasteiger partial charge in [0.25, 0.3) is 0 Å². The molecule has 0 atom stereocenters. The molecule has 5 nitrogen and oxygen atoms in total. The van der Waals surface area contributed by atoms with Crippen molar-refractivity contribution in [3.8, 4) is 0 Å². The molecule has 0 unspecified atom stereocenters. The third-order valence-corrected chi connectivity index (χ3v) is 3.59. The predicted molar refractivity (Wildman–Crippen MR) is 66.6 cm³/mol. The largest absolute Gasteiger partial charge is 0.481 e. The normalized spacial score (nSPS) is 15.8. The number of nitrogens with zero attached hydrogens (tertiary/aromatic N) is 2. The van der Waals surface area contributed by atoms with Gasteiger partial charge in [0.1, 0.15) is 11.5 Å². The molecule has 1 saturated carbocycles. The van der Waals surface area contributed by atoms with Crippen molar-refractivity contribution in [2.75, 3.05) is 0 Å². The molecular weight excluding hydrogens is 230 g/mol. The maximum atomic E-state index is 10.9. The quantitative estimate of drug-likeness (QED) is 0.868. The van der Waals surface area contributed by atoms with Gasteiger partial charge in [-0.2, -0.15) is 0 Å². The average Bonchev–Trinajstić information content (AvgIpc) is 2.57. The standard InChI is InChI=1S/C13H15N3O2/c1-7-15-12(8-3-2-4-8)11-9(5-10(17)18)6-14-13(11)16-7/h6,8H,2-5H2,1H3,(H,17,18)(H,14,15,16). The lowest BCUT2D eigenvalue weighted by molar-refractivity contribution is -0.136. The third kappa shape index (κ3) is 1.75. The van der Waals surface area contributed by atoms with Crippen molar-refractivity contribution in [2.45, 2.75) is 38.5 Å². The maximum absolute atomic E-state index is 10.9. The summed E-state index contributed by atoms with van der Waals surface area (Å²) in [6.45, 7) is 1.87. The molecule has 3 rings (SSSR count). The topological polar surface area (TPSA) is 78.9 Å². The van der Waals surface area contributed by atoms with Gasteiger partial charge in [0, 0.05) is 17.5 Å². The smallest absolute Gasteiger partial charge is 0.307 e. The average molecular weight is 245 g/mol. The van der Waals surface area contributed by atoms with Gasteiger partial charge >= 0.3 is 5.97 Å². The highest BCUT2D eigenvalue weighted by Crippen LogP contribution is 2.39. The van der Waals surface area contributed by atoms with Gasteiger partial charge in [-0.05, 0) is 25.3 Å². The molecule has 5 heteroatoms. The van der Waals surface area contributed by atoms with E-state index in [1.807, 2.05) is 6.92 Å². The highest BCUT2D eigenvalue weighted by molar-refractivity contribution is 5.86. The number of fused-ring (bicyclic) bond motifs is 1. The van der Waals surface area contributed by atoms with Crippen LogP contribution in [-0.2, 0) is 11.2 Å². The molecule has 1 aliphatic carbocycles. The third-order valence-electron chi connectivity index (χ3n) is 3.59. The Morgan fingerprint density at radius 3 is 2.89 bits per heavy atom. The Bertz CT molecular complexity index is 614. The Morgan fingerprint density at radius 2 is 2.28 bits per heavy atom. The van der Waals surface area contributed by atoms with Crippen LogP contribution in [0, 0.1) is 6.92 Å². The summed E-state index contributed by atoms with van der Waals surface area (Å²) in [6, 6.07) is 0. The number of carbonyl (C=O) groups is 1. The molecule has 2 aromatic rings. The Morgan fingerprint density at radius 1 is 1.50 bits per heavy atom. The highest BCUT2D eigenvalue weighted by Gasteiger charge is 2.25. The minimum atomic E-state index is -0.823. The number of aromatic nitrogens is 3. The van der Waals surface area contributed by atoms with Gasteiger partial charge in [0.2, 0.25) is 0 Å². The van der Waals surface area contributed by atoms with E-state index in [0.717, 1.165) is 41.0 Å². The zero-order valence-electron chi connectivity index (χ0n) is 10.2. The van der Waals surface area contributed by atoms with Crippen LogP contribution >= 0.6 is 0 Å². The van der Waals surface area contributed by atoms with Crippen LogP contribution in [0.15, 0.2) is 6.20 Å². The van der Waals surface area contributed by atoms with Crippen LogP contribution in [0.5, 0.6) is 0 Å². The SMILES string of the molecule is Cc1nc(C2CCC2)c2c(CC(=O)O)c[nH]c2n1. The number of carboxylic acids is 1. The summed E-state index contributed by atoms with van der Waals surface area (Å²) in [4.78, 5) is 22.8. The van der Waals surface area contributed by atoms with Gasteiger partial charge < -0.3 is 10.1 Å². The second-order valence-electron chi connectivity index (χ2n) is 4.89. The molecule has 0 amide bonds. The van der Waals surface area contributed by atoms with Crippen molar-refractivity contribution in [3.63, 3.8) is 0 Å². The summed E-state index contributed by atoms with van der Waals surface area (Å²) >= 11 is 0. The summed E-state index contributed by atoms with van der Waals surface area (Å²) in [5, 5.41) is 9.87. The van der Waals surface area contributed by atoms with Gasteiger partial charge in [0.15, 0.2) is 0 Å². The van der Waals surface area contributed by atoms with Gasteiger partial charge in [-0.3, -0.25) is 4.79 Å². The van der Waals surface area contributed by atoms with Gasteiger partial charge in [0.05, 0.1) is 12.1 Å². The molecular formula is C13H15N3O2. The number of H-pyrrole nitrogens is 1. The van der Waals surface area contributed by atoms with Crippen LogP contribution in [0.25, 0.3) is 11.0 Å².